The van der Waals surface area contributed by atoms with Crippen LogP contribution in [-0.2, 0) is 4.79 Å². The van der Waals surface area contributed by atoms with E-state index in [0.717, 1.165) is 34.4 Å². The molecule has 0 atom stereocenters. The minimum Gasteiger partial charge on any atom is -0.318 e. The monoisotopic (exact) mass is 342 g/mol. The normalized spacial score (nSPS) is 15.8. The zero-order valence-electron chi connectivity index (χ0n) is 13.0. The van der Waals surface area contributed by atoms with Gasteiger partial charge >= 0.3 is 0 Å². The third-order valence-electron chi connectivity index (χ3n) is 3.74. The summed E-state index contributed by atoms with van der Waals surface area (Å²) in [5.74, 6) is -0.273. The molecule has 0 aliphatic carbocycles. The van der Waals surface area contributed by atoms with Crippen molar-refractivity contribution >= 4 is 34.6 Å². The maximum absolute atomic E-state index is 11.8. The molecular weight excluding hydrogens is 328 g/mol. The van der Waals surface area contributed by atoms with E-state index in [0.29, 0.717) is 4.91 Å². The zero-order valence-corrected chi connectivity index (χ0v) is 13.8. The van der Waals surface area contributed by atoms with Gasteiger partial charge in [0.25, 0.3) is 11.6 Å². The second kappa shape index (κ2) is 5.97. The molecule has 1 aromatic heterocycles. The lowest BCUT2D eigenvalue weighted by molar-refractivity contribution is -0.384. The molecule has 0 bridgehead atoms. The van der Waals surface area contributed by atoms with Crippen LogP contribution in [0.3, 0.4) is 0 Å². The van der Waals surface area contributed by atoms with Gasteiger partial charge < -0.3 is 9.88 Å². The molecule has 24 heavy (non-hydrogen) atoms. The molecule has 3 rings (SSSR count). The van der Waals surface area contributed by atoms with Crippen LogP contribution >= 0.6 is 11.8 Å². The molecule has 1 fully saturated rings. The van der Waals surface area contributed by atoms with E-state index in [1.807, 2.05) is 24.5 Å². The highest BCUT2D eigenvalue weighted by molar-refractivity contribution is 8.18. The molecule has 0 unspecified atom stereocenters. The van der Waals surface area contributed by atoms with Crippen molar-refractivity contribution in [3.8, 4) is 5.69 Å². The van der Waals surface area contributed by atoms with Gasteiger partial charge in [0.2, 0.25) is 0 Å². The molecule has 1 amide bonds. The third-order valence-corrected chi connectivity index (χ3v) is 4.57. The Hall–Kier alpha value is -2.87. The Morgan fingerprint density at radius 1 is 1.29 bits per heavy atom. The van der Waals surface area contributed by atoms with Gasteiger partial charge in [-0.15, -0.1) is 0 Å². The van der Waals surface area contributed by atoms with Crippen molar-refractivity contribution < 1.29 is 9.72 Å². The van der Waals surface area contributed by atoms with Gasteiger partial charge in [0.1, 0.15) is 0 Å². The smallest absolute Gasteiger partial charge is 0.269 e. The molecule has 0 spiro atoms. The Kier molecular flexibility index (Phi) is 3.98. The Morgan fingerprint density at radius 3 is 2.50 bits per heavy atom. The Balaban J connectivity index is 2.01. The molecule has 0 saturated carbocycles. The number of carbonyl (C=O) groups excluding carboxylic acids is 1. The second-order valence-electron chi connectivity index (χ2n) is 5.33. The number of benzene rings is 1. The summed E-state index contributed by atoms with van der Waals surface area (Å²) in [5, 5.41) is 20.8. The van der Waals surface area contributed by atoms with Crippen molar-refractivity contribution in [3.63, 3.8) is 0 Å². The van der Waals surface area contributed by atoms with Crippen LogP contribution < -0.4 is 5.32 Å². The minimum atomic E-state index is -0.431. The van der Waals surface area contributed by atoms with Gasteiger partial charge in [0.05, 0.1) is 9.83 Å². The van der Waals surface area contributed by atoms with Crippen molar-refractivity contribution in [3.05, 3.63) is 62.3 Å². The van der Waals surface area contributed by atoms with Gasteiger partial charge in [0, 0.05) is 29.2 Å². The molecule has 2 N–H and O–H groups in total. The first kappa shape index (κ1) is 16.0. The number of non-ortho nitro benzene ring substituents is 1. The molecule has 122 valence electrons. The number of aryl methyl sites for hydroxylation is 1. The highest BCUT2D eigenvalue weighted by Gasteiger charge is 2.23. The minimum absolute atomic E-state index is 0.0427. The number of nitro groups is 1. The molecule has 1 aliphatic heterocycles. The predicted octanol–water partition coefficient (Wildman–Crippen LogP) is 3.14. The van der Waals surface area contributed by atoms with Crippen LogP contribution in [0.5, 0.6) is 0 Å². The van der Waals surface area contributed by atoms with E-state index < -0.39 is 4.92 Å². The molecule has 1 saturated heterocycles. The SMILES string of the molecule is Cc1cc(/C=C2\SC(=N)NC2=O)c(C)n1-c1ccc([N+](=O)[O-])cc1. The van der Waals surface area contributed by atoms with Gasteiger partial charge in [0.15, 0.2) is 5.17 Å². The fraction of sp³-hybridized carbons (Fsp3) is 0.125. The first-order valence-electron chi connectivity index (χ1n) is 7.10. The molecule has 8 heteroatoms. The van der Waals surface area contributed by atoms with Gasteiger partial charge in [-0.3, -0.25) is 20.3 Å². The average molecular weight is 342 g/mol. The fourth-order valence-corrected chi connectivity index (χ4v) is 3.33. The number of thioether (sulfide) groups is 1. The summed E-state index contributed by atoms with van der Waals surface area (Å²) in [6, 6.07) is 8.27. The summed E-state index contributed by atoms with van der Waals surface area (Å²) >= 11 is 1.09. The lowest BCUT2D eigenvalue weighted by Gasteiger charge is -2.09. The highest BCUT2D eigenvalue weighted by atomic mass is 32.2. The van der Waals surface area contributed by atoms with Crippen LogP contribution in [0.4, 0.5) is 5.69 Å². The van der Waals surface area contributed by atoms with Crippen LogP contribution in [0.25, 0.3) is 11.8 Å². The van der Waals surface area contributed by atoms with Crippen LogP contribution in [0.1, 0.15) is 17.0 Å². The van der Waals surface area contributed by atoms with Crippen LogP contribution in [0.2, 0.25) is 0 Å². The van der Waals surface area contributed by atoms with E-state index in [1.165, 1.54) is 12.1 Å². The van der Waals surface area contributed by atoms with Crippen LogP contribution in [0.15, 0.2) is 35.2 Å². The van der Waals surface area contributed by atoms with Crippen molar-refractivity contribution in [2.75, 3.05) is 0 Å². The zero-order chi connectivity index (χ0) is 17.4. The predicted molar refractivity (Wildman–Crippen MR) is 93.3 cm³/mol. The van der Waals surface area contributed by atoms with E-state index in [4.69, 9.17) is 5.41 Å². The number of carbonyl (C=O) groups is 1. The summed E-state index contributed by atoms with van der Waals surface area (Å²) in [5.41, 5.74) is 3.60. The van der Waals surface area contributed by atoms with Gasteiger partial charge in [-0.2, -0.15) is 0 Å². The Morgan fingerprint density at radius 2 is 1.96 bits per heavy atom. The quantitative estimate of drug-likeness (QED) is 0.508. The van der Waals surface area contributed by atoms with Gasteiger partial charge in [-0.05, 0) is 55.4 Å². The number of hydrogen-bond acceptors (Lipinski definition) is 5. The molecule has 0 radical (unpaired) electrons. The standard InChI is InChI=1S/C16H14N4O3S/c1-9-7-11(8-14-15(21)18-16(17)24-14)10(2)19(9)12-3-5-13(6-4-12)20(22)23/h3-8H,1-2H3,(H2,17,18,21)/b14-8-. The number of nitrogens with one attached hydrogen (secondary N) is 2. The van der Waals surface area contributed by atoms with Crippen molar-refractivity contribution in [1.29, 1.82) is 5.41 Å². The van der Waals surface area contributed by atoms with Crippen LogP contribution in [-0.4, -0.2) is 20.6 Å². The van der Waals surface area contributed by atoms with Gasteiger partial charge in [-0.1, -0.05) is 0 Å². The topological polar surface area (TPSA) is 101 Å². The van der Waals surface area contributed by atoms with E-state index in [-0.39, 0.29) is 16.8 Å². The van der Waals surface area contributed by atoms with E-state index in [2.05, 4.69) is 5.32 Å². The lowest BCUT2D eigenvalue weighted by atomic mass is 10.2. The highest BCUT2D eigenvalue weighted by Crippen LogP contribution is 2.29. The second-order valence-corrected chi connectivity index (χ2v) is 6.38. The number of amides is 1. The maximum Gasteiger partial charge on any atom is 0.269 e. The molecule has 2 heterocycles. The largest absolute Gasteiger partial charge is 0.318 e. The van der Waals surface area contributed by atoms with Crippen LogP contribution in [0, 0.1) is 29.4 Å². The molecule has 7 nitrogen and oxygen atoms in total. The van der Waals surface area contributed by atoms with Crippen molar-refractivity contribution in [1.82, 2.24) is 9.88 Å². The maximum atomic E-state index is 11.8. The average Bonchev–Trinajstić information content (AvgIpc) is 2.98. The number of amidine groups is 1. The number of aromatic nitrogens is 1. The summed E-state index contributed by atoms with van der Waals surface area (Å²) in [7, 11) is 0. The molecular formula is C16H14N4O3S. The van der Waals surface area contributed by atoms with Crippen molar-refractivity contribution in [2.24, 2.45) is 0 Å². The molecule has 2 aromatic rings. The van der Waals surface area contributed by atoms with Gasteiger partial charge in [-0.25, -0.2) is 0 Å². The van der Waals surface area contributed by atoms with Crippen molar-refractivity contribution in [2.45, 2.75) is 13.8 Å². The number of nitrogens with zero attached hydrogens (tertiary/aromatic N) is 2. The Bertz CT molecular complexity index is 897. The van der Waals surface area contributed by atoms with E-state index >= 15 is 0 Å². The fourth-order valence-electron chi connectivity index (χ4n) is 2.64. The molecule has 1 aromatic carbocycles. The first-order valence-corrected chi connectivity index (χ1v) is 7.91. The van der Waals surface area contributed by atoms with E-state index in [9.17, 15) is 14.9 Å². The number of nitro benzene ring substituents is 1. The Labute approximate surface area is 142 Å². The summed E-state index contributed by atoms with van der Waals surface area (Å²) in [4.78, 5) is 22.6. The molecule has 1 aliphatic rings. The summed E-state index contributed by atoms with van der Waals surface area (Å²) in [6.45, 7) is 3.85. The lowest BCUT2D eigenvalue weighted by Crippen LogP contribution is -2.18. The third kappa shape index (κ3) is 2.83. The summed E-state index contributed by atoms with van der Waals surface area (Å²) in [6.07, 6.45) is 1.76. The summed E-state index contributed by atoms with van der Waals surface area (Å²) < 4.78 is 1.97. The van der Waals surface area contributed by atoms with E-state index in [1.54, 1.807) is 18.2 Å². The number of hydrogen-bond donors (Lipinski definition) is 2. The first-order chi connectivity index (χ1) is 11.4. The number of rotatable bonds is 3.